The van der Waals surface area contributed by atoms with Crippen LogP contribution in [0.1, 0.15) is 25.3 Å². The fraction of sp³-hybridized carbons (Fsp3) is 0.611. The van der Waals surface area contributed by atoms with Crippen molar-refractivity contribution in [2.75, 3.05) is 39.3 Å². The molecule has 1 aromatic carbocycles. The maximum Gasteiger partial charge on any atom is 0.260 e. The molecular weight excluding hydrogens is 326 g/mol. The lowest BCUT2D eigenvalue weighted by molar-refractivity contribution is -0.132. The van der Waals surface area contributed by atoms with E-state index in [4.69, 9.17) is 4.74 Å². The van der Waals surface area contributed by atoms with Gasteiger partial charge in [0.2, 0.25) is 0 Å². The number of carbonyl (C=O) groups excluding carboxylic acids is 1. The van der Waals surface area contributed by atoms with Crippen molar-refractivity contribution in [3.05, 3.63) is 29.8 Å². The Balaban J connectivity index is 0.00000208. The molecule has 1 amide bonds. The number of carbonyl (C=O) groups is 1. The zero-order valence-electron chi connectivity index (χ0n) is 14.4. The van der Waals surface area contributed by atoms with Crippen LogP contribution in [0.15, 0.2) is 24.3 Å². The first-order chi connectivity index (χ1) is 11.2. The van der Waals surface area contributed by atoms with E-state index in [2.05, 4.69) is 23.2 Å². The van der Waals surface area contributed by atoms with E-state index in [0.29, 0.717) is 6.04 Å². The second-order valence-corrected chi connectivity index (χ2v) is 6.57. The largest absolute Gasteiger partial charge is 0.483 e. The highest BCUT2D eigenvalue weighted by molar-refractivity contribution is 5.85. The van der Waals surface area contributed by atoms with E-state index in [0.717, 1.165) is 63.4 Å². The third-order valence-electron chi connectivity index (χ3n) is 4.63. The molecule has 2 aliphatic rings. The number of nitrogens with one attached hydrogen (secondary N) is 1. The topological polar surface area (TPSA) is 44.8 Å². The molecule has 2 aliphatic heterocycles. The molecule has 1 N–H and O–H groups in total. The van der Waals surface area contributed by atoms with E-state index in [9.17, 15) is 4.79 Å². The van der Waals surface area contributed by atoms with Gasteiger partial charge in [-0.1, -0.05) is 18.2 Å². The molecule has 0 aromatic heterocycles. The molecule has 0 spiro atoms. The van der Waals surface area contributed by atoms with Gasteiger partial charge in [-0.25, -0.2) is 0 Å². The van der Waals surface area contributed by atoms with Crippen molar-refractivity contribution in [2.24, 2.45) is 0 Å². The van der Waals surface area contributed by atoms with Gasteiger partial charge in [-0.3, -0.25) is 9.69 Å². The van der Waals surface area contributed by atoms with Gasteiger partial charge in [-0.2, -0.15) is 0 Å². The number of piperazine rings is 1. The maximum absolute atomic E-state index is 12.1. The molecule has 5 nitrogen and oxygen atoms in total. The maximum atomic E-state index is 12.1. The Kier molecular flexibility index (Phi) is 7.34. The fourth-order valence-corrected chi connectivity index (χ4v) is 3.37. The normalized spacial score (nSPS) is 21.4. The predicted molar refractivity (Wildman–Crippen MR) is 97.7 cm³/mol. The van der Waals surface area contributed by atoms with Crippen LogP contribution in [0.2, 0.25) is 0 Å². The van der Waals surface area contributed by atoms with Gasteiger partial charge < -0.3 is 15.0 Å². The number of rotatable bonds is 5. The van der Waals surface area contributed by atoms with E-state index < -0.39 is 0 Å². The second kappa shape index (κ2) is 9.25. The van der Waals surface area contributed by atoms with Crippen LogP contribution >= 0.6 is 12.4 Å². The molecule has 0 bridgehead atoms. The number of hydrogen-bond donors (Lipinski definition) is 1. The van der Waals surface area contributed by atoms with E-state index >= 15 is 0 Å². The van der Waals surface area contributed by atoms with E-state index in [1.54, 1.807) is 0 Å². The van der Waals surface area contributed by atoms with E-state index in [1.165, 1.54) is 0 Å². The summed E-state index contributed by atoms with van der Waals surface area (Å²) in [5, 5.41) is 3.46. The number of para-hydroxylation sites is 1. The van der Waals surface area contributed by atoms with Crippen molar-refractivity contribution >= 4 is 18.3 Å². The van der Waals surface area contributed by atoms with E-state index in [1.807, 2.05) is 23.1 Å². The highest BCUT2D eigenvalue weighted by Crippen LogP contribution is 2.21. The summed E-state index contributed by atoms with van der Waals surface area (Å²) in [6, 6.07) is 8.60. The van der Waals surface area contributed by atoms with Gasteiger partial charge in [0.15, 0.2) is 6.61 Å². The Labute approximate surface area is 150 Å². The molecule has 0 saturated carbocycles. The Bertz CT molecular complexity index is 535. The minimum atomic E-state index is 0. The van der Waals surface area contributed by atoms with Gasteiger partial charge in [-0.15, -0.1) is 12.4 Å². The molecule has 2 heterocycles. The fourth-order valence-electron chi connectivity index (χ4n) is 3.37. The summed E-state index contributed by atoms with van der Waals surface area (Å²) in [5.41, 5.74) is 1.16. The first kappa shape index (κ1) is 19.0. The molecule has 6 heteroatoms. The van der Waals surface area contributed by atoms with Crippen LogP contribution in [0.5, 0.6) is 5.75 Å². The first-order valence-corrected chi connectivity index (χ1v) is 8.66. The van der Waals surface area contributed by atoms with Crippen LogP contribution in [0, 0.1) is 0 Å². The third-order valence-corrected chi connectivity index (χ3v) is 4.63. The Morgan fingerprint density at radius 1 is 1.25 bits per heavy atom. The van der Waals surface area contributed by atoms with Gasteiger partial charge in [-0.05, 0) is 25.8 Å². The van der Waals surface area contributed by atoms with Crippen molar-refractivity contribution in [1.82, 2.24) is 15.1 Å². The van der Waals surface area contributed by atoms with Crippen molar-refractivity contribution < 1.29 is 9.53 Å². The summed E-state index contributed by atoms with van der Waals surface area (Å²) in [5.74, 6) is 0.944. The average molecular weight is 354 g/mol. The molecule has 134 valence electrons. The minimum Gasteiger partial charge on any atom is -0.483 e. The first-order valence-electron chi connectivity index (χ1n) is 8.66. The highest BCUT2D eigenvalue weighted by Gasteiger charge is 2.20. The van der Waals surface area contributed by atoms with Gasteiger partial charge >= 0.3 is 0 Å². The van der Waals surface area contributed by atoms with Crippen LogP contribution in [0.3, 0.4) is 0 Å². The van der Waals surface area contributed by atoms with Crippen LogP contribution in [-0.4, -0.2) is 61.1 Å². The Morgan fingerprint density at radius 3 is 2.75 bits per heavy atom. The van der Waals surface area contributed by atoms with Crippen molar-refractivity contribution in [1.29, 1.82) is 0 Å². The van der Waals surface area contributed by atoms with Crippen LogP contribution < -0.4 is 10.1 Å². The van der Waals surface area contributed by atoms with Crippen molar-refractivity contribution in [2.45, 2.75) is 32.4 Å². The summed E-state index contributed by atoms with van der Waals surface area (Å²) in [6.07, 6.45) is 2.23. The summed E-state index contributed by atoms with van der Waals surface area (Å²) < 4.78 is 5.85. The highest BCUT2D eigenvalue weighted by atomic mass is 35.5. The molecule has 1 aromatic rings. The summed E-state index contributed by atoms with van der Waals surface area (Å²) >= 11 is 0. The van der Waals surface area contributed by atoms with Gasteiger partial charge in [0.25, 0.3) is 5.91 Å². The molecule has 24 heavy (non-hydrogen) atoms. The number of amides is 1. The van der Waals surface area contributed by atoms with Gasteiger partial charge in [0.05, 0.1) is 0 Å². The van der Waals surface area contributed by atoms with E-state index in [-0.39, 0.29) is 24.9 Å². The molecule has 0 aliphatic carbocycles. The van der Waals surface area contributed by atoms with Crippen LogP contribution in [-0.2, 0) is 11.3 Å². The quantitative estimate of drug-likeness (QED) is 0.878. The third kappa shape index (κ3) is 5.10. The number of ether oxygens (including phenoxy) is 1. The molecule has 2 saturated heterocycles. The van der Waals surface area contributed by atoms with Gasteiger partial charge in [0, 0.05) is 50.9 Å². The van der Waals surface area contributed by atoms with Gasteiger partial charge in [0.1, 0.15) is 5.75 Å². The lowest BCUT2D eigenvalue weighted by atomic mass is 10.1. The lowest BCUT2D eigenvalue weighted by Gasteiger charge is -2.32. The van der Waals surface area contributed by atoms with Crippen LogP contribution in [0.4, 0.5) is 0 Å². The number of likely N-dealkylation sites (tertiary alicyclic amines) is 1. The zero-order chi connectivity index (χ0) is 16.1. The predicted octanol–water partition coefficient (Wildman–Crippen LogP) is 1.90. The minimum absolute atomic E-state index is 0. The van der Waals surface area contributed by atoms with Crippen molar-refractivity contribution in [3.8, 4) is 5.75 Å². The summed E-state index contributed by atoms with van der Waals surface area (Å²) in [7, 11) is 0. The number of nitrogens with zero attached hydrogens (tertiary/aromatic N) is 2. The molecule has 3 rings (SSSR count). The number of benzene rings is 1. The lowest BCUT2D eigenvalue weighted by Crippen LogP contribution is -2.48. The molecular formula is C18H28ClN3O2. The Morgan fingerprint density at radius 2 is 2.00 bits per heavy atom. The summed E-state index contributed by atoms with van der Waals surface area (Å²) in [4.78, 5) is 16.5. The standard InChI is InChI=1S/C18H27N3O2.ClH/c1-15-12-20(11-8-19-15)13-16-6-2-3-7-17(16)23-14-18(22)21-9-4-5-10-21;/h2-3,6-7,15,19H,4-5,8-14H2,1H3;1H/t15-;/m1./s1. The smallest absolute Gasteiger partial charge is 0.260 e. The van der Waals surface area contributed by atoms with Crippen LogP contribution in [0.25, 0.3) is 0 Å². The average Bonchev–Trinajstić information content (AvgIpc) is 3.08. The molecule has 0 unspecified atom stereocenters. The zero-order valence-corrected chi connectivity index (χ0v) is 15.2. The summed E-state index contributed by atoms with van der Waals surface area (Å²) in [6.45, 7) is 8.10. The number of halogens is 1. The van der Waals surface area contributed by atoms with Crippen molar-refractivity contribution in [3.63, 3.8) is 0 Å². The molecule has 2 fully saturated rings. The molecule has 1 atom stereocenters. The number of hydrogen-bond acceptors (Lipinski definition) is 4. The monoisotopic (exact) mass is 353 g/mol. The second-order valence-electron chi connectivity index (χ2n) is 6.57. The molecule has 0 radical (unpaired) electrons. The SMILES string of the molecule is C[C@@H]1CN(Cc2ccccc2OCC(=O)N2CCCC2)CCN1.Cl. The Hall–Kier alpha value is -1.30.